The van der Waals surface area contributed by atoms with Gasteiger partial charge in [0.25, 0.3) is 0 Å². The lowest BCUT2D eigenvalue weighted by molar-refractivity contribution is 0.669. The maximum Gasteiger partial charge on any atom is 0.238 e. The van der Waals surface area contributed by atoms with E-state index in [0.29, 0.717) is 17.6 Å². The summed E-state index contributed by atoms with van der Waals surface area (Å²) in [6.07, 6.45) is 0. The van der Waals surface area contributed by atoms with Gasteiger partial charge < -0.3 is 4.42 Å². The Labute approximate surface area is 330 Å². The predicted octanol–water partition coefficient (Wildman–Crippen LogP) is 13.9. The van der Waals surface area contributed by atoms with E-state index in [1.165, 1.54) is 25.6 Å². The number of rotatable bonds is 5. The highest BCUT2D eigenvalue weighted by Crippen LogP contribution is 2.44. The second-order valence-electron chi connectivity index (χ2n) is 14.4. The third kappa shape index (κ3) is 5.04. The summed E-state index contributed by atoms with van der Waals surface area (Å²) in [7, 11) is 0. The molecule has 0 spiro atoms. The predicted molar refractivity (Wildman–Crippen MR) is 236 cm³/mol. The second-order valence-corrected chi connectivity index (χ2v) is 15.5. The molecule has 0 N–H and O–H groups in total. The minimum Gasteiger partial charge on any atom is -0.456 e. The number of fused-ring (bicyclic) bond motifs is 10. The van der Waals surface area contributed by atoms with Gasteiger partial charge in [0, 0.05) is 52.8 Å². The Balaban J connectivity index is 1.11. The van der Waals surface area contributed by atoms with E-state index in [4.69, 9.17) is 19.4 Å². The summed E-state index contributed by atoms with van der Waals surface area (Å²) in [6, 6.07) is 63.6. The van der Waals surface area contributed by atoms with E-state index in [2.05, 4.69) is 168 Å². The zero-order valence-electron chi connectivity index (χ0n) is 30.4. The molecule has 0 aliphatic carbocycles. The molecule has 4 aromatic heterocycles. The summed E-state index contributed by atoms with van der Waals surface area (Å²) in [4.78, 5) is 15.8. The van der Waals surface area contributed by atoms with Gasteiger partial charge in [-0.1, -0.05) is 133 Å². The monoisotopic (exact) mass is 746 g/mol. The van der Waals surface area contributed by atoms with Crippen molar-refractivity contribution >= 4 is 75.3 Å². The van der Waals surface area contributed by atoms with Crippen molar-refractivity contribution in [3.05, 3.63) is 182 Å². The van der Waals surface area contributed by atoms with E-state index >= 15 is 0 Å². The SMILES string of the molecule is c1ccc(-c2cccc(-c3nc(-c4ccc5c(c4)oc4cccc(-c6ccccc6)c45)nc(-n4c5ccccc5c5c6c(ccc54)sc4ccccc46)n3)c2)cc1. The van der Waals surface area contributed by atoms with E-state index in [1.54, 1.807) is 0 Å². The van der Waals surface area contributed by atoms with Gasteiger partial charge in [0.2, 0.25) is 5.95 Å². The van der Waals surface area contributed by atoms with Gasteiger partial charge in [0.15, 0.2) is 11.6 Å². The number of hydrogen-bond donors (Lipinski definition) is 0. The third-order valence-corrected chi connectivity index (χ3v) is 12.2. The van der Waals surface area contributed by atoms with E-state index in [-0.39, 0.29) is 0 Å². The number of benzene rings is 8. The van der Waals surface area contributed by atoms with Crippen LogP contribution in [0.4, 0.5) is 0 Å². The van der Waals surface area contributed by atoms with E-state index in [9.17, 15) is 0 Å². The molecule has 0 aliphatic heterocycles. The zero-order chi connectivity index (χ0) is 37.5. The van der Waals surface area contributed by atoms with Crippen LogP contribution in [0.15, 0.2) is 186 Å². The first-order valence-electron chi connectivity index (χ1n) is 19.0. The molecule has 12 rings (SSSR count). The van der Waals surface area contributed by atoms with Crippen molar-refractivity contribution in [3.8, 4) is 51.0 Å². The fraction of sp³-hybridized carbons (Fsp3) is 0. The Kier molecular flexibility index (Phi) is 7.03. The number of hydrogen-bond acceptors (Lipinski definition) is 5. The summed E-state index contributed by atoms with van der Waals surface area (Å²) in [5, 5.41) is 7.03. The Morgan fingerprint density at radius 1 is 0.386 bits per heavy atom. The quantitative estimate of drug-likeness (QED) is 0.176. The molecule has 0 saturated carbocycles. The molecule has 12 aromatic rings. The van der Waals surface area contributed by atoms with Gasteiger partial charge >= 0.3 is 0 Å². The molecule has 0 fully saturated rings. The third-order valence-electron chi connectivity index (χ3n) is 11.1. The van der Waals surface area contributed by atoms with Crippen molar-refractivity contribution in [2.75, 3.05) is 0 Å². The highest BCUT2D eigenvalue weighted by atomic mass is 32.1. The molecule has 5 nitrogen and oxygen atoms in total. The molecule has 266 valence electrons. The van der Waals surface area contributed by atoms with Crippen molar-refractivity contribution in [3.63, 3.8) is 0 Å². The summed E-state index contributed by atoms with van der Waals surface area (Å²) in [5.74, 6) is 1.72. The molecule has 6 heteroatoms. The number of nitrogens with zero attached hydrogens (tertiary/aromatic N) is 4. The summed E-state index contributed by atoms with van der Waals surface area (Å²) in [6.45, 7) is 0. The van der Waals surface area contributed by atoms with Crippen molar-refractivity contribution in [2.45, 2.75) is 0 Å². The summed E-state index contributed by atoms with van der Waals surface area (Å²) < 4.78 is 11.3. The van der Waals surface area contributed by atoms with Crippen molar-refractivity contribution in [1.82, 2.24) is 19.5 Å². The van der Waals surface area contributed by atoms with Crippen LogP contribution < -0.4 is 0 Å². The Morgan fingerprint density at radius 3 is 1.91 bits per heavy atom. The van der Waals surface area contributed by atoms with Crippen LogP contribution in [0.5, 0.6) is 0 Å². The molecule has 4 heterocycles. The average Bonchev–Trinajstić information content (AvgIpc) is 3.96. The fourth-order valence-corrected chi connectivity index (χ4v) is 9.62. The number of thiophene rings is 1. The molecule has 0 aliphatic rings. The Hall–Kier alpha value is -7.41. The first-order valence-corrected chi connectivity index (χ1v) is 19.8. The van der Waals surface area contributed by atoms with Crippen molar-refractivity contribution in [1.29, 1.82) is 0 Å². The van der Waals surface area contributed by atoms with Gasteiger partial charge in [-0.2, -0.15) is 9.97 Å². The molecule has 57 heavy (non-hydrogen) atoms. The molecule has 8 aromatic carbocycles. The molecule has 0 bridgehead atoms. The maximum absolute atomic E-state index is 6.57. The van der Waals surface area contributed by atoms with Crippen molar-refractivity contribution in [2.24, 2.45) is 0 Å². The highest BCUT2D eigenvalue weighted by Gasteiger charge is 2.22. The lowest BCUT2D eigenvalue weighted by Crippen LogP contribution is -2.06. The number of aromatic nitrogens is 4. The van der Waals surface area contributed by atoms with Gasteiger partial charge in [0.1, 0.15) is 11.2 Å². The summed E-state index contributed by atoms with van der Waals surface area (Å²) >= 11 is 1.83. The Bertz CT molecular complexity index is 3530. The fourth-order valence-electron chi connectivity index (χ4n) is 8.50. The van der Waals surface area contributed by atoms with Crippen LogP contribution in [0.1, 0.15) is 0 Å². The van der Waals surface area contributed by atoms with Gasteiger partial charge in [0.05, 0.1) is 11.0 Å². The molecule has 0 amide bonds. The summed E-state index contributed by atoms with van der Waals surface area (Å²) in [5.41, 5.74) is 9.99. The molecule has 0 atom stereocenters. The molecular weight excluding hydrogens is 717 g/mol. The van der Waals surface area contributed by atoms with Crippen LogP contribution in [0, 0.1) is 0 Å². The smallest absolute Gasteiger partial charge is 0.238 e. The lowest BCUT2D eigenvalue weighted by Gasteiger charge is -2.12. The van der Waals surface area contributed by atoms with Gasteiger partial charge in [-0.15, -0.1) is 11.3 Å². The van der Waals surface area contributed by atoms with Gasteiger partial charge in [-0.3, -0.25) is 4.57 Å². The van der Waals surface area contributed by atoms with Crippen LogP contribution in [0.3, 0.4) is 0 Å². The van der Waals surface area contributed by atoms with Crippen LogP contribution >= 0.6 is 11.3 Å². The minimum atomic E-state index is 0.557. The first-order chi connectivity index (χ1) is 28.2. The highest BCUT2D eigenvalue weighted by molar-refractivity contribution is 7.26. The average molecular weight is 747 g/mol. The molecule has 0 unspecified atom stereocenters. The van der Waals surface area contributed by atoms with E-state index < -0.39 is 0 Å². The first kappa shape index (κ1) is 31.9. The topological polar surface area (TPSA) is 56.7 Å². The number of furan rings is 1. The van der Waals surface area contributed by atoms with E-state index in [0.717, 1.165) is 71.7 Å². The largest absolute Gasteiger partial charge is 0.456 e. The molecule has 0 radical (unpaired) electrons. The maximum atomic E-state index is 6.57. The number of para-hydroxylation sites is 1. The van der Waals surface area contributed by atoms with Crippen LogP contribution in [-0.2, 0) is 0 Å². The van der Waals surface area contributed by atoms with Gasteiger partial charge in [-0.25, -0.2) is 4.98 Å². The lowest BCUT2D eigenvalue weighted by atomic mass is 9.99. The zero-order valence-corrected chi connectivity index (χ0v) is 31.2. The Morgan fingerprint density at radius 2 is 1.07 bits per heavy atom. The normalized spacial score (nSPS) is 11.9. The van der Waals surface area contributed by atoms with E-state index in [1.807, 2.05) is 29.5 Å². The molecule has 0 saturated heterocycles. The van der Waals surface area contributed by atoms with Crippen LogP contribution in [-0.4, -0.2) is 19.5 Å². The van der Waals surface area contributed by atoms with Crippen molar-refractivity contribution < 1.29 is 4.42 Å². The minimum absolute atomic E-state index is 0.557. The molecular formula is C51H30N4OS. The standard InChI is InChI=1S/C51H30N4OS/c1-3-13-31(14-4-1)33-17-11-18-34(29-33)49-52-50(35-25-26-38-43(30-35)56-42-23-12-21-36(46(38)42)32-15-5-2-6-16-32)54-51(53-49)55-40-22-9-7-19-37(40)47-41(55)27-28-45-48(47)39-20-8-10-24-44(39)57-45/h1-30H. The van der Waals surface area contributed by atoms with Crippen LogP contribution in [0.25, 0.3) is 115 Å². The second kappa shape index (κ2) is 12.6. The van der Waals surface area contributed by atoms with Gasteiger partial charge in [-0.05, 0) is 70.8 Å². The van der Waals surface area contributed by atoms with Crippen LogP contribution in [0.2, 0.25) is 0 Å².